The molecule has 0 bridgehead atoms. The molecule has 1 atom stereocenters. The standard InChI is InChI=1S/C8H11NO3/c1-2-12-8(10)7(9)6-3-4-11-5-6/h3-5,7H,2,9H2,1H3. The van der Waals surface area contributed by atoms with Crippen molar-refractivity contribution in [1.82, 2.24) is 0 Å². The molecule has 4 nitrogen and oxygen atoms in total. The van der Waals surface area contributed by atoms with Crippen molar-refractivity contribution in [2.24, 2.45) is 5.73 Å². The van der Waals surface area contributed by atoms with Gasteiger partial charge in [-0.25, -0.2) is 4.79 Å². The molecule has 0 aliphatic rings. The van der Waals surface area contributed by atoms with Gasteiger partial charge in [0.25, 0.3) is 0 Å². The van der Waals surface area contributed by atoms with Gasteiger partial charge in [-0.1, -0.05) is 0 Å². The lowest BCUT2D eigenvalue weighted by Crippen LogP contribution is -2.23. The van der Waals surface area contributed by atoms with Crippen LogP contribution in [0.25, 0.3) is 0 Å². The summed E-state index contributed by atoms with van der Waals surface area (Å²) in [5.41, 5.74) is 6.17. The van der Waals surface area contributed by atoms with Crippen molar-refractivity contribution < 1.29 is 13.9 Å². The van der Waals surface area contributed by atoms with Gasteiger partial charge in [0.1, 0.15) is 6.04 Å². The van der Waals surface area contributed by atoms with Crippen molar-refractivity contribution in [2.45, 2.75) is 13.0 Å². The summed E-state index contributed by atoms with van der Waals surface area (Å²) in [4.78, 5) is 11.1. The zero-order valence-electron chi connectivity index (χ0n) is 6.82. The van der Waals surface area contributed by atoms with Gasteiger partial charge in [0.15, 0.2) is 0 Å². The minimum absolute atomic E-state index is 0.338. The van der Waals surface area contributed by atoms with Gasteiger partial charge >= 0.3 is 5.97 Å². The maximum atomic E-state index is 11.1. The number of rotatable bonds is 3. The van der Waals surface area contributed by atoms with Gasteiger partial charge in [-0.3, -0.25) is 0 Å². The number of hydrogen-bond donors (Lipinski definition) is 1. The third-order valence-corrected chi connectivity index (χ3v) is 1.44. The molecule has 4 heteroatoms. The molecule has 1 aromatic rings. The Hall–Kier alpha value is -1.29. The fourth-order valence-electron chi connectivity index (χ4n) is 0.820. The molecular weight excluding hydrogens is 158 g/mol. The molecule has 1 aromatic heterocycles. The van der Waals surface area contributed by atoms with Gasteiger partial charge in [0, 0.05) is 5.56 Å². The summed E-state index contributed by atoms with van der Waals surface area (Å²) < 4.78 is 9.50. The number of carbonyl (C=O) groups excluding carboxylic acids is 1. The topological polar surface area (TPSA) is 65.5 Å². The maximum Gasteiger partial charge on any atom is 0.327 e. The van der Waals surface area contributed by atoms with Gasteiger partial charge in [0.2, 0.25) is 0 Å². The lowest BCUT2D eigenvalue weighted by molar-refractivity contribution is -0.144. The monoisotopic (exact) mass is 169 g/mol. The Labute approximate surface area is 70.3 Å². The maximum absolute atomic E-state index is 11.1. The van der Waals surface area contributed by atoms with Crippen LogP contribution in [0.4, 0.5) is 0 Å². The number of furan rings is 1. The minimum atomic E-state index is -0.733. The molecule has 0 spiro atoms. The Morgan fingerprint density at radius 1 is 1.83 bits per heavy atom. The molecular formula is C8H11NO3. The van der Waals surface area contributed by atoms with E-state index in [1.165, 1.54) is 12.5 Å². The van der Waals surface area contributed by atoms with E-state index in [1.807, 2.05) is 0 Å². The van der Waals surface area contributed by atoms with Crippen molar-refractivity contribution in [3.63, 3.8) is 0 Å². The predicted octanol–water partition coefficient (Wildman–Crippen LogP) is 0.842. The summed E-state index contributed by atoms with van der Waals surface area (Å²) in [6, 6.07) is 0.908. The number of nitrogens with two attached hydrogens (primary N) is 1. The highest BCUT2D eigenvalue weighted by Gasteiger charge is 2.17. The number of ether oxygens (including phenoxy) is 1. The fourth-order valence-corrected chi connectivity index (χ4v) is 0.820. The average molecular weight is 169 g/mol. The zero-order chi connectivity index (χ0) is 8.97. The van der Waals surface area contributed by atoms with E-state index in [2.05, 4.69) is 0 Å². The minimum Gasteiger partial charge on any atom is -0.472 e. The van der Waals surface area contributed by atoms with Crippen LogP contribution in [0.5, 0.6) is 0 Å². The predicted molar refractivity (Wildman–Crippen MR) is 42.3 cm³/mol. The zero-order valence-corrected chi connectivity index (χ0v) is 6.82. The van der Waals surface area contributed by atoms with Gasteiger partial charge in [-0.15, -0.1) is 0 Å². The first-order chi connectivity index (χ1) is 5.75. The third kappa shape index (κ3) is 1.85. The summed E-state index contributed by atoms with van der Waals surface area (Å²) >= 11 is 0. The molecule has 2 N–H and O–H groups in total. The van der Waals surface area contributed by atoms with E-state index in [0.29, 0.717) is 12.2 Å². The second-order valence-electron chi connectivity index (χ2n) is 2.29. The van der Waals surface area contributed by atoms with Crippen LogP contribution in [-0.4, -0.2) is 12.6 Å². The summed E-state index contributed by atoms with van der Waals surface area (Å²) in [7, 11) is 0. The summed E-state index contributed by atoms with van der Waals surface area (Å²) in [5.74, 6) is -0.432. The molecule has 0 amide bonds. The highest BCUT2D eigenvalue weighted by molar-refractivity contribution is 5.77. The normalized spacial score (nSPS) is 12.5. The van der Waals surface area contributed by atoms with Crippen molar-refractivity contribution in [1.29, 1.82) is 0 Å². The Kier molecular flexibility index (Phi) is 2.88. The molecule has 0 saturated heterocycles. The molecule has 0 radical (unpaired) electrons. The summed E-state index contributed by atoms with van der Waals surface area (Å²) in [5, 5.41) is 0. The Morgan fingerprint density at radius 2 is 2.58 bits per heavy atom. The van der Waals surface area contributed by atoms with E-state index in [9.17, 15) is 4.79 Å². The Morgan fingerprint density at radius 3 is 3.08 bits per heavy atom. The van der Waals surface area contributed by atoms with E-state index in [4.69, 9.17) is 14.9 Å². The van der Waals surface area contributed by atoms with E-state index < -0.39 is 12.0 Å². The smallest absolute Gasteiger partial charge is 0.327 e. The molecule has 0 fully saturated rings. The van der Waals surface area contributed by atoms with Crippen molar-refractivity contribution >= 4 is 5.97 Å². The lowest BCUT2D eigenvalue weighted by atomic mass is 10.2. The summed E-state index contributed by atoms with van der Waals surface area (Å²) in [6.07, 6.45) is 2.90. The SMILES string of the molecule is CCOC(=O)C(N)c1ccoc1. The van der Waals surface area contributed by atoms with Crippen molar-refractivity contribution in [3.05, 3.63) is 24.2 Å². The number of esters is 1. The van der Waals surface area contributed by atoms with Crippen LogP contribution in [0.1, 0.15) is 18.5 Å². The highest BCUT2D eigenvalue weighted by Crippen LogP contribution is 2.11. The van der Waals surface area contributed by atoms with E-state index in [0.717, 1.165) is 0 Å². The second kappa shape index (κ2) is 3.92. The van der Waals surface area contributed by atoms with Crippen molar-refractivity contribution in [2.75, 3.05) is 6.61 Å². The van der Waals surface area contributed by atoms with E-state index in [-0.39, 0.29) is 0 Å². The summed E-state index contributed by atoms with van der Waals surface area (Å²) in [6.45, 7) is 2.07. The van der Waals surface area contributed by atoms with Crippen LogP contribution in [0.2, 0.25) is 0 Å². The first-order valence-electron chi connectivity index (χ1n) is 3.70. The molecule has 12 heavy (non-hydrogen) atoms. The van der Waals surface area contributed by atoms with Gasteiger partial charge < -0.3 is 14.9 Å². The molecule has 66 valence electrons. The van der Waals surface area contributed by atoms with Crippen LogP contribution >= 0.6 is 0 Å². The quantitative estimate of drug-likeness (QED) is 0.681. The number of carbonyl (C=O) groups is 1. The third-order valence-electron chi connectivity index (χ3n) is 1.44. The Balaban J connectivity index is 2.59. The van der Waals surface area contributed by atoms with Crippen molar-refractivity contribution in [3.8, 4) is 0 Å². The fraction of sp³-hybridized carbons (Fsp3) is 0.375. The first kappa shape index (κ1) is 8.80. The Bertz CT molecular complexity index is 243. The van der Waals surface area contributed by atoms with Crippen LogP contribution in [0, 0.1) is 0 Å². The van der Waals surface area contributed by atoms with Gasteiger partial charge in [-0.2, -0.15) is 0 Å². The first-order valence-corrected chi connectivity index (χ1v) is 3.70. The van der Waals surface area contributed by atoms with Gasteiger partial charge in [0.05, 0.1) is 19.1 Å². The van der Waals surface area contributed by atoms with Crippen LogP contribution in [0.3, 0.4) is 0 Å². The molecule has 1 rings (SSSR count). The molecule has 0 aromatic carbocycles. The molecule has 0 aliphatic carbocycles. The largest absolute Gasteiger partial charge is 0.472 e. The van der Waals surface area contributed by atoms with Gasteiger partial charge in [-0.05, 0) is 13.0 Å². The number of hydrogen-bond acceptors (Lipinski definition) is 4. The van der Waals surface area contributed by atoms with Crippen LogP contribution < -0.4 is 5.73 Å². The van der Waals surface area contributed by atoms with Crippen LogP contribution in [-0.2, 0) is 9.53 Å². The van der Waals surface area contributed by atoms with E-state index >= 15 is 0 Å². The molecule has 0 saturated carbocycles. The molecule has 1 heterocycles. The molecule has 0 aliphatic heterocycles. The average Bonchev–Trinajstić information content (AvgIpc) is 2.55. The highest BCUT2D eigenvalue weighted by atomic mass is 16.5. The molecule has 1 unspecified atom stereocenters. The van der Waals surface area contributed by atoms with E-state index in [1.54, 1.807) is 13.0 Å². The van der Waals surface area contributed by atoms with Crippen LogP contribution in [0.15, 0.2) is 23.0 Å². The lowest BCUT2D eigenvalue weighted by Gasteiger charge is -2.07. The second-order valence-corrected chi connectivity index (χ2v) is 2.29.